The number of nitrogens with two attached hydrogens (primary N) is 2. The van der Waals surface area contributed by atoms with Crippen LogP contribution in [0, 0.1) is 18.6 Å². The molecule has 162 valence electrons. The first-order valence-electron chi connectivity index (χ1n) is 8.46. The fourth-order valence-electron chi connectivity index (χ4n) is 2.35. The van der Waals surface area contributed by atoms with Gasteiger partial charge in [0.25, 0.3) is 5.91 Å². The summed E-state index contributed by atoms with van der Waals surface area (Å²) in [6.07, 6.45) is -1.54. The van der Waals surface area contributed by atoms with E-state index in [2.05, 4.69) is 15.0 Å². The number of urea groups is 1. The van der Waals surface area contributed by atoms with Crippen molar-refractivity contribution in [3.8, 4) is 5.88 Å². The zero-order valence-electron chi connectivity index (χ0n) is 15.7. The van der Waals surface area contributed by atoms with Crippen LogP contribution in [0.4, 0.5) is 18.6 Å². The van der Waals surface area contributed by atoms with Gasteiger partial charge in [-0.05, 0) is 36.2 Å². The van der Waals surface area contributed by atoms with Crippen molar-refractivity contribution in [1.82, 2.24) is 9.69 Å². The maximum atomic E-state index is 13.9. The summed E-state index contributed by atoms with van der Waals surface area (Å²) in [7, 11) is 0. The zero-order valence-corrected chi connectivity index (χ0v) is 16.5. The van der Waals surface area contributed by atoms with Crippen LogP contribution in [0.1, 0.15) is 27.9 Å². The summed E-state index contributed by atoms with van der Waals surface area (Å²) in [6.45, 7) is 0.681. The molecular weight excluding hydrogens is 424 g/mol. The van der Waals surface area contributed by atoms with Gasteiger partial charge < -0.3 is 26.6 Å². The third-order valence-corrected chi connectivity index (χ3v) is 4.45. The number of carbonyl (C=O) groups excluding carboxylic acids is 3. The molecule has 1 unspecified atom stereocenters. The highest BCUT2D eigenvalue weighted by Gasteiger charge is 2.23. The number of halogens is 2. The Hall–Kier alpha value is -3.32. The van der Waals surface area contributed by atoms with Crippen molar-refractivity contribution in [3.05, 3.63) is 40.5 Å². The number of aromatic nitrogens is 1. The molecule has 2 aromatic rings. The van der Waals surface area contributed by atoms with Crippen LogP contribution < -0.4 is 26.8 Å². The van der Waals surface area contributed by atoms with E-state index in [0.29, 0.717) is 17.1 Å². The topological polar surface area (TPSA) is 170 Å². The molecule has 1 aromatic heterocycles. The lowest BCUT2D eigenvalue weighted by molar-refractivity contribution is -0.119. The van der Waals surface area contributed by atoms with E-state index in [1.54, 1.807) is 0 Å². The van der Waals surface area contributed by atoms with E-state index in [0.717, 1.165) is 12.1 Å². The normalized spacial score (nSPS) is 11.6. The molecule has 30 heavy (non-hydrogen) atoms. The molecule has 7 N–H and O–H groups in total. The van der Waals surface area contributed by atoms with Crippen molar-refractivity contribution in [2.24, 2.45) is 11.5 Å². The van der Waals surface area contributed by atoms with Gasteiger partial charge in [0, 0.05) is 6.54 Å². The summed E-state index contributed by atoms with van der Waals surface area (Å²) < 4.78 is 37.0. The lowest BCUT2D eigenvalue weighted by Gasteiger charge is -2.11. The van der Waals surface area contributed by atoms with Gasteiger partial charge in [0.1, 0.15) is 28.8 Å². The molecule has 1 aromatic carbocycles. The van der Waals surface area contributed by atoms with E-state index in [-0.39, 0.29) is 35.0 Å². The van der Waals surface area contributed by atoms with Gasteiger partial charge in [-0.2, -0.15) is 4.37 Å². The SMILES string of the molecule is Cc1cc(F)c(COc2nsc(NC(=O)NCC(O)CC(N)=O)c2C(N)=O)c(F)c1. The highest BCUT2D eigenvalue weighted by molar-refractivity contribution is 7.11. The van der Waals surface area contributed by atoms with E-state index in [1.807, 2.05) is 0 Å². The highest BCUT2D eigenvalue weighted by atomic mass is 32.1. The number of hydrogen-bond acceptors (Lipinski definition) is 7. The summed E-state index contributed by atoms with van der Waals surface area (Å²) in [5.74, 6) is -3.69. The summed E-state index contributed by atoms with van der Waals surface area (Å²) in [5.41, 5.74) is 9.96. The van der Waals surface area contributed by atoms with Crippen LogP contribution in [0.25, 0.3) is 0 Å². The van der Waals surface area contributed by atoms with Crippen molar-refractivity contribution in [2.75, 3.05) is 11.9 Å². The molecule has 2 rings (SSSR count). The fourth-order valence-corrected chi connectivity index (χ4v) is 3.08. The molecule has 0 saturated heterocycles. The number of carbonyl (C=O) groups is 3. The zero-order chi connectivity index (χ0) is 22.4. The highest BCUT2D eigenvalue weighted by Crippen LogP contribution is 2.31. The second kappa shape index (κ2) is 9.93. The summed E-state index contributed by atoms with van der Waals surface area (Å²) >= 11 is 0.652. The maximum absolute atomic E-state index is 13.9. The van der Waals surface area contributed by atoms with Gasteiger partial charge in [0.05, 0.1) is 18.1 Å². The predicted molar refractivity (Wildman–Crippen MR) is 103 cm³/mol. The van der Waals surface area contributed by atoms with Gasteiger partial charge in [-0.15, -0.1) is 0 Å². The van der Waals surface area contributed by atoms with Gasteiger partial charge in [0.2, 0.25) is 11.8 Å². The number of amides is 4. The number of primary amides is 2. The van der Waals surface area contributed by atoms with E-state index in [9.17, 15) is 28.3 Å². The van der Waals surface area contributed by atoms with Gasteiger partial charge in [-0.25, -0.2) is 13.6 Å². The Morgan fingerprint density at radius 2 is 1.90 bits per heavy atom. The van der Waals surface area contributed by atoms with Crippen LogP contribution in [0.2, 0.25) is 0 Å². The lowest BCUT2D eigenvalue weighted by atomic mass is 10.1. The van der Waals surface area contributed by atoms with Crippen molar-refractivity contribution < 1.29 is 33.0 Å². The Morgan fingerprint density at radius 3 is 2.47 bits per heavy atom. The third kappa shape index (κ3) is 6.09. The van der Waals surface area contributed by atoms with E-state index < -0.39 is 42.2 Å². The number of benzene rings is 1. The smallest absolute Gasteiger partial charge is 0.320 e. The monoisotopic (exact) mass is 443 g/mol. The molecule has 0 spiro atoms. The first-order chi connectivity index (χ1) is 14.1. The number of hydrogen-bond donors (Lipinski definition) is 5. The maximum Gasteiger partial charge on any atom is 0.320 e. The third-order valence-electron chi connectivity index (χ3n) is 3.71. The summed E-state index contributed by atoms with van der Waals surface area (Å²) in [6, 6.07) is 1.43. The van der Waals surface area contributed by atoms with Gasteiger partial charge in [-0.1, -0.05) is 0 Å². The van der Waals surface area contributed by atoms with Crippen LogP contribution in [0.15, 0.2) is 12.1 Å². The number of rotatable bonds is 9. The van der Waals surface area contributed by atoms with Crippen LogP contribution in [0.3, 0.4) is 0 Å². The van der Waals surface area contributed by atoms with E-state index >= 15 is 0 Å². The number of anilines is 1. The summed E-state index contributed by atoms with van der Waals surface area (Å²) in [4.78, 5) is 34.4. The van der Waals surface area contributed by atoms with E-state index in [4.69, 9.17) is 16.2 Å². The predicted octanol–water partition coefficient (Wildman–Crippen LogP) is 0.765. The number of nitrogens with one attached hydrogen (secondary N) is 2. The van der Waals surface area contributed by atoms with Crippen LogP contribution in [-0.2, 0) is 11.4 Å². The molecule has 0 fully saturated rings. The van der Waals surface area contributed by atoms with Crippen LogP contribution >= 0.6 is 11.5 Å². The Bertz CT molecular complexity index is 945. The van der Waals surface area contributed by atoms with Gasteiger partial charge >= 0.3 is 6.03 Å². The van der Waals surface area contributed by atoms with Gasteiger partial charge in [-0.3, -0.25) is 14.9 Å². The first kappa shape index (κ1) is 23.0. The largest absolute Gasteiger partial charge is 0.471 e. The quantitative estimate of drug-likeness (QED) is 0.383. The Kier molecular flexibility index (Phi) is 7.60. The average Bonchev–Trinajstić information content (AvgIpc) is 3.01. The molecule has 0 aliphatic carbocycles. The first-order valence-corrected chi connectivity index (χ1v) is 9.23. The Morgan fingerprint density at radius 1 is 1.27 bits per heavy atom. The molecule has 10 nitrogen and oxygen atoms in total. The molecule has 13 heteroatoms. The molecule has 0 aliphatic heterocycles. The second-order valence-corrected chi connectivity index (χ2v) is 6.98. The van der Waals surface area contributed by atoms with E-state index in [1.165, 1.54) is 6.92 Å². The number of ether oxygens (including phenoxy) is 1. The average molecular weight is 443 g/mol. The van der Waals surface area contributed by atoms with Crippen molar-refractivity contribution in [2.45, 2.75) is 26.1 Å². The number of aliphatic hydroxyl groups excluding tert-OH is 1. The molecule has 1 atom stereocenters. The molecule has 0 bridgehead atoms. The van der Waals surface area contributed by atoms with Crippen molar-refractivity contribution >= 4 is 34.4 Å². The summed E-state index contributed by atoms with van der Waals surface area (Å²) in [5, 5.41) is 14.0. The van der Waals surface area contributed by atoms with Crippen LogP contribution in [-0.4, -0.2) is 40.0 Å². The van der Waals surface area contributed by atoms with Gasteiger partial charge in [0.15, 0.2) is 0 Å². The minimum atomic E-state index is -1.19. The number of aliphatic hydroxyl groups is 1. The minimum Gasteiger partial charge on any atom is -0.471 e. The number of aryl methyl sites for hydroxylation is 1. The minimum absolute atomic E-state index is 0.0794. The fraction of sp³-hybridized carbons (Fsp3) is 0.294. The molecule has 1 heterocycles. The van der Waals surface area contributed by atoms with Crippen LogP contribution in [0.5, 0.6) is 5.88 Å². The standard InChI is InChI=1S/C17H19F2N5O5S/c1-7-2-10(18)9(11(19)3-7)6-29-15-13(14(21)27)16(30-24-15)23-17(28)22-5-8(25)4-12(20)26/h2-3,8,25H,4-6H2,1H3,(H2,20,26)(H2,21,27)(H2,22,23,28). The molecule has 0 saturated carbocycles. The molecule has 0 radical (unpaired) electrons. The second-order valence-electron chi connectivity index (χ2n) is 6.21. The van der Waals surface area contributed by atoms with Crippen molar-refractivity contribution in [1.29, 1.82) is 0 Å². The molecule has 0 aliphatic rings. The Labute approximate surface area is 173 Å². The number of nitrogens with zero attached hydrogens (tertiary/aromatic N) is 1. The molecular formula is C17H19F2N5O5S. The van der Waals surface area contributed by atoms with Crippen molar-refractivity contribution in [3.63, 3.8) is 0 Å². The Balaban J connectivity index is 2.07. The molecule has 4 amide bonds. The lowest BCUT2D eigenvalue weighted by Crippen LogP contribution is -2.37.